The second kappa shape index (κ2) is 8.02. The number of fused-ring (bicyclic) bond motifs is 3. The molecule has 1 unspecified atom stereocenters. The first-order valence-electron chi connectivity index (χ1n) is 10.3. The monoisotopic (exact) mass is 425 g/mol. The summed E-state index contributed by atoms with van der Waals surface area (Å²) in [6.07, 6.45) is 1.66. The summed E-state index contributed by atoms with van der Waals surface area (Å²) in [5, 5.41) is 5.77. The Labute approximate surface area is 180 Å². The zero-order chi connectivity index (χ0) is 20.7. The van der Waals surface area contributed by atoms with E-state index in [0.717, 1.165) is 44.4 Å². The minimum Gasteiger partial charge on any atom is -0.497 e. The Morgan fingerprint density at radius 3 is 2.83 bits per heavy atom. The van der Waals surface area contributed by atoms with Crippen molar-refractivity contribution in [3.05, 3.63) is 46.6 Å². The summed E-state index contributed by atoms with van der Waals surface area (Å²) in [6.45, 7) is 9.56. The fourth-order valence-corrected chi connectivity index (χ4v) is 5.54. The first-order chi connectivity index (χ1) is 14.6. The summed E-state index contributed by atoms with van der Waals surface area (Å²) in [5.41, 5.74) is 3.80. The van der Waals surface area contributed by atoms with Crippen LogP contribution in [0.2, 0.25) is 0 Å². The van der Waals surface area contributed by atoms with Gasteiger partial charge in [0.25, 0.3) is 0 Å². The van der Waals surface area contributed by atoms with E-state index in [9.17, 15) is 0 Å². The molecule has 0 N–H and O–H groups in total. The average Bonchev–Trinajstić information content (AvgIpc) is 3.35. The predicted octanol–water partition coefficient (Wildman–Crippen LogP) is 3.52. The van der Waals surface area contributed by atoms with Crippen LogP contribution < -0.4 is 9.64 Å². The predicted molar refractivity (Wildman–Crippen MR) is 118 cm³/mol. The van der Waals surface area contributed by atoms with Crippen LogP contribution in [-0.2, 0) is 24.5 Å². The molecule has 30 heavy (non-hydrogen) atoms. The fraction of sp³-hybridized carbons (Fsp3) is 0.455. The molecule has 3 aromatic rings. The molecular formula is C22H27N5O2S. The zero-order valence-electron chi connectivity index (χ0n) is 17.7. The number of benzene rings is 1. The normalized spacial score (nSPS) is 18.9. The molecule has 0 spiro atoms. The third-order valence-electron chi connectivity index (χ3n) is 6.04. The van der Waals surface area contributed by atoms with Crippen molar-refractivity contribution in [3.8, 4) is 17.1 Å². The lowest BCUT2D eigenvalue weighted by Gasteiger charge is -2.33. The maximum atomic E-state index is 5.62. The average molecular weight is 426 g/mol. The number of methoxy groups -OCH3 is 1. The van der Waals surface area contributed by atoms with Crippen LogP contribution in [-0.4, -0.2) is 52.6 Å². The Morgan fingerprint density at radius 2 is 2.07 bits per heavy atom. The van der Waals surface area contributed by atoms with E-state index in [0.29, 0.717) is 12.7 Å². The van der Waals surface area contributed by atoms with Gasteiger partial charge in [-0.2, -0.15) is 5.10 Å². The number of ether oxygens (including phenoxy) is 2. The van der Waals surface area contributed by atoms with Gasteiger partial charge in [-0.05, 0) is 37.1 Å². The van der Waals surface area contributed by atoms with Crippen molar-refractivity contribution < 1.29 is 9.47 Å². The number of anilines is 1. The number of morpholine rings is 1. The minimum atomic E-state index is 0.441. The van der Waals surface area contributed by atoms with E-state index in [1.54, 1.807) is 13.4 Å². The molecule has 1 aromatic carbocycles. The highest BCUT2D eigenvalue weighted by molar-refractivity contribution is 7.17. The molecule has 0 saturated carbocycles. The molecule has 1 fully saturated rings. The van der Waals surface area contributed by atoms with Gasteiger partial charge in [0.2, 0.25) is 0 Å². The first kappa shape index (κ1) is 19.5. The Kier molecular flexibility index (Phi) is 5.22. The molecule has 158 valence electrons. The van der Waals surface area contributed by atoms with Gasteiger partial charge in [-0.1, -0.05) is 12.1 Å². The van der Waals surface area contributed by atoms with Crippen molar-refractivity contribution in [2.24, 2.45) is 0 Å². The van der Waals surface area contributed by atoms with E-state index >= 15 is 0 Å². The molecule has 5 rings (SSSR count). The van der Waals surface area contributed by atoms with Crippen LogP contribution in [0, 0.1) is 6.92 Å². The van der Waals surface area contributed by atoms with Gasteiger partial charge in [0, 0.05) is 30.6 Å². The fourth-order valence-electron chi connectivity index (χ4n) is 4.22. The second-order valence-electron chi connectivity index (χ2n) is 8.00. The van der Waals surface area contributed by atoms with Gasteiger partial charge in [0.15, 0.2) is 5.82 Å². The minimum absolute atomic E-state index is 0.441. The molecule has 2 aromatic heterocycles. The lowest BCUT2D eigenvalue weighted by Crippen LogP contribution is -2.42. The summed E-state index contributed by atoms with van der Waals surface area (Å²) in [5.74, 6) is 1.86. The molecule has 7 nitrogen and oxygen atoms in total. The smallest absolute Gasteiger partial charge is 0.163 e. The van der Waals surface area contributed by atoms with Crippen molar-refractivity contribution in [3.63, 3.8) is 0 Å². The summed E-state index contributed by atoms with van der Waals surface area (Å²) in [6, 6.07) is 8.74. The Balaban J connectivity index is 1.47. The number of aromatic nitrogens is 3. The standard InChI is InChI=1S/C22H27N5O2S/c1-15-12-29-9-8-25(15)11-19-16(2)20-21-23-13-24-27(21)14-26(22(20)30-19)10-17-4-6-18(28-3)7-5-17/h4-7,13,15H,8-12,14H2,1-3H3. The summed E-state index contributed by atoms with van der Waals surface area (Å²) >= 11 is 1.90. The van der Waals surface area contributed by atoms with E-state index in [1.165, 1.54) is 26.6 Å². The lowest BCUT2D eigenvalue weighted by atomic mass is 10.1. The molecule has 1 saturated heterocycles. The summed E-state index contributed by atoms with van der Waals surface area (Å²) in [7, 11) is 1.70. The number of hydrogen-bond acceptors (Lipinski definition) is 7. The highest BCUT2D eigenvalue weighted by atomic mass is 32.1. The second-order valence-corrected chi connectivity index (χ2v) is 9.08. The van der Waals surface area contributed by atoms with Gasteiger partial charge in [0.05, 0.1) is 25.9 Å². The lowest BCUT2D eigenvalue weighted by molar-refractivity contribution is -0.00397. The van der Waals surface area contributed by atoms with Gasteiger partial charge >= 0.3 is 0 Å². The highest BCUT2D eigenvalue weighted by Gasteiger charge is 2.30. The zero-order valence-corrected chi connectivity index (χ0v) is 18.5. The maximum absolute atomic E-state index is 5.62. The van der Waals surface area contributed by atoms with E-state index in [4.69, 9.17) is 9.47 Å². The molecular weight excluding hydrogens is 398 g/mol. The topological polar surface area (TPSA) is 55.7 Å². The summed E-state index contributed by atoms with van der Waals surface area (Å²) in [4.78, 5) is 10.9. The molecule has 0 bridgehead atoms. The van der Waals surface area contributed by atoms with Crippen molar-refractivity contribution >= 4 is 16.3 Å². The van der Waals surface area contributed by atoms with Crippen LogP contribution in [0.4, 0.5) is 5.00 Å². The van der Waals surface area contributed by atoms with E-state index in [-0.39, 0.29) is 0 Å². The van der Waals surface area contributed by atoms with E-state index < -0.39 is 0 Å². The number of thiophene rings is 1. The maximum Gasteiger partial charge on any atom is 0.163 e. The third kappa shape index (κ3) is 3.49. The number of hydrogen-bond donors (Lipinski definition) is 0. The number of nitrogens with zero attached hydrogens (tertiary/aromatic N) is 5. The van der Waals surface area contributed by atoms with Crippen LogP contribution in [0.3, 0.4) is 0 Å². The van der Waals surface area contributed by atoms with Crippen molar-refractivity contribution in [1.82, 2.24) is 19.7 Å². The Bertz CT molecular complexity index is 1030. The van der Waals surface area contributed by atoms with Crippen LogP contribution in [0.25, 0.3) is 11.4 Å². The van der Waals surface area contributed by atoms with Crippen LogP contribution in [0.1, 0.15) is 22.9 Å². The first-order valence-corrected chi connectivity index (χ1v) is 11.2. The van der Waals surface area contributed by atoms with Crippen LogP contribution in [0.15, 0.2) is 30.6 Å². The van der Waals surface area contributed by atoms with Gasteiger partial charge in [-0.15, -0.1) is 11.3 Å². The molecule has 0 aliphatic carbocycles. The molecule has 4 heterocycles. The third-order valence-corrected chi connectivity index (χ3v) is 7.38. The molecule has 0 radical (unpaired) electrons. The largest absolute Gasteiger partial charge is 0.497 e. The number of rotatable bonds is 5. The molecule has 2 aliphatic heterocycles. The summed E-state index contributed by atoms with van der Waals surface area (Å²) < 4.78 is 12.9. The molecule has 8 heteroatoms. The van der Waals surface area contributed by atoms with E-state index in [1.807, 2.05) is 28.2 Å². The Hall–Kier alpha value is -2.42. The van der Waals surface area contributed by atoms with E-state index in [2.05, 4.69) is 45.9 Å². The van der Waals surface area contributed by atoms with Crippen LogP contribution in [0.5, 0.6) is 5.75 Å². The quantitative estimate of drug-likeness (QED) is 0.623. The SMILES string of the molecule is COc1ccc(CN2Cn3ncnc3-c3c2sc(CN2CCOCC2C)c3C)cc1. The van der Waals surface area contributed by atoms with Gasteiger partial charge in [-0.3, -0.25) is 4.90 Å². The van der Waals surface area contributed by atoms with Crippen LogP contribution >= 0.6 is 11.3 Å². The molecule has 1 atom stereocenters. The highest BCUT2D eigenvalue weighted by Crippen LogP contribution is 2.45. The van der Waals surface area contributed by atoms with Crippen molar-refractivity contribution in [2.75, 3.05) is 31.8 Å². The molecule has 2 aliphatic rings. The van der Waals surface area contributed by atoms with Gasteiger partial charge in [0.1, 0.15) is 23.7 Å². The van der Waals surface area contributed by atoms with Crippen molar-refractivity contribution in [2.45, 2.75) is 39.6 Å². The Morgan fingerprint density at radius 1 is 1.23 bits per heavy atom. The van der Waals surface area contributed by atoms with Gasteiger partial charge < -0.3 is 14.4 Å². The van der Waals surface area contributed by atoms with Gasteiger partial charge in [-0.25, -0.2) is 9.67 Å². The van der Waals surface area contributed by atoms with Crippen molar-refractivity contribution in [1.29, 1.82) is 0 Å². The molecule has 0 amide bonds.